The van der Waals surface area contributed by atoms with Crippen LogP contribution in [-0.4, -0.2) is 54.3 Å². The third-order valence-electron chi connectivity index (χ3n) is 5.20. The number of rotatable bonds is 7. The van der Waals surface area contributed by atoms with Crippen LogP contribution in [0.25, 0.3) is 11.0 Å². The molecule has 0 aliphatic carbocycles. The first-order valence-corrected chi connectivity index (χ1v) is 10.1. The molecule has 1 saturated heterocycles. The minimum absolute atomic E-state index is 0.0517. The summed E-state index contributed by atoms with van der Waals surface area (Å²) in [6.07, 6.45) is 3.76. The van der Waals surface area contributed by atoms with E-state index in [0.717, 1.165) is 23.9 Å². The number of aromatic nitrogens is 6. The van der Waals surface area contributed by atoms with Crippen LogP contribution in [0, 0.1) is 24.0 Å². The summed E-state index contributed by atoms with van der Waals surface area (Å²) >= 11 is 5.90. The first kappa shape index (κ1) is 20.5. The molecule has 160 valence electrons. The lowest BCUT2D eigenvalue weighted by Crippen LogP contribution is -2.21. The van der Waals surface area contributed by atoms with E-state index in [1.54, 1.807) is 22.5 Å². The largest absolute Gasteiger partial charge is 0.472 e. The smallest absolute Gasteiger partial charge is 0.352 e. The van der Waals surface area contributed by atoms with Crippen LogP contribution in [0.5, 0.6) is 5.88 Å². The highest BCUT2D eigenvalue weighted by molar-refractivity contribution is 6.28. The molecule has 0 atom stereocenters. The fourth-order valence-corrected chi connectivity index (χ4v) is 3.83. The van der Waals surface area contributed by atoms with E-state index in [2.05, 4.69) is 20.2 Å². The minimum atomic E-state index is -0.434. The molecule has 0 radical (unpaired) electrons. The van der Waals surface area contributed by atoms with Crippen molar-refractivity contribution in [3.05, 3.63) is 33.0 Å². The van der Waals surface area contributed by atoms with Gasteiger partial charge in [-0.15, -0.1) is 5.10 Å². The van der Waals surface area contributed by atoms with Crippen molar-refractivity contribution < 1.29 is 14.4 Å². The van der Waals surface area contributed by atoms with Crippen LogP contribution in [0.4, 0.5) is 5.69 Å². The van der Waals surface area contributed by atoms with Crippen molar-refractivity contribution in [2.24, 2.45) is 0 Å². The molecule has 0 aromatic carbocycles. The first-order chi connectivity index (χ1) is 14.5. The normalized spacial score (nSPS) is 15.0. The zero-order chi connectivity index (χ0) is 21.3. The second-order valence-electron chi connectivity index (χ2n) is 7.17. The molecule has 1 fully saturated rings. The van der Waals surface area contributed by atoms with Gasteiger partial charge < -0.3 is 9.47 Å². The van der Waals surface area contributed by atoms with Gasteiger partial charge in [-0.2, -0.15) is 10.1 Å². The molecule has 0 amide bonds. The number of halogens is 1. The van der Waals surface area contributed by atoms with Crippen LogP contribution in [0.2, 0.25) is 5.28 Å². The van der Waals surface area contributed by atoms with E-state index in [4.69, 9.17) is 21.1 Å². The van der Waals surface area contributed by atoms with Crippen molar-refractivity contribution in [3.8, 4) is 5.88 Å². The van der Waals surface area contributed by atoms with Crippen molar-refractivity contribution >= 4 is 28.3 Å². The second-order valence-corrected chi connectivity index (χ2v) is 7.51. The highest BCUT2D eigenvalue weighted by Gasteiger charge is 2.30. The molecule has 1 aliphatic rings. The highest BCUT2D eigenvalue weighted by Crippen LogP contribution is 2.34. The number of hydrogen-bond donors (Lipinski definition) is 0. The monoisotopic (exact) mass is 435 g/mol. The lowest BCUT2D eigenvalue weighted by atomic mass is 10.1. The maximum atomic E-state index is 11.6. The molecule has 0 unspecified atom stereocenters. The van der Waals surface area contributed by atoms with Crippen LogP contribution in [0.15, 0.2) is 6.20 Å². The zero-order valence-electron chi connectivity index (χ0n) is 16.7. The maximum absolute atomic E-state index is 11.6. The van der Waals surface area contributed by atoms with Gasteiger partial charge in [-0.3, -0.25) is 14.8 Å². The predicted molar refractivity (Wildman–Crippen MR) is 108 cm³/mol. The summed E-state index contributed by atoms with van der Waals surface area (Å²) < 4.78 is 14.5. The molecule has 0 N–H and O–H groups in total. The van der Waals surface area contributed by atoms with Crippen LogP contribution in [0.1, 0.15) is 36.7 Å². The van der Waals surface area contributed by atoms with Gasteiger partial charge in [0.25, 0.3) is 0 Å². The summed E-state index contributed by atoms with van der Waals surface area (Å²) in [5, 5.41) is 21.4. The van der Waals surface area contributed by atoms with Crippen LogP contribution in [0.3, 0.4) is 0 Å². The lowest BCUT2D eigenvalue weighted by Gasteiger charge is -2.22. The molecule has 30 heavy (non-hydrogen) atoms. The fraction of sp³-hybridized carbons (Fsp3) is 0.556. The average molecular weight is 436 g/mol. The third kappa shape index (κ3) is 3.94. The Morgan fingerprint density at radius 3 is 2.83 bits per heavy atom. The Bertz CT molecular complexity index is 1070. The highest BCUT2D eigenvalue weighted by atomic mass is 35.5. The number of aryl methyl sites for hydroxylation is 2. The summed E-state index contributed by atoms with van der Waals surface area (Å²) in [5.74, 6) is 0.0517. The van der Waals surface area contributed by atoms with E-state index >= 15 is 0 Å². The van der Waals surface area contributed by atoms with Gasteiger partial charge in [-0.25, -0.2) is 9.67 Å². The predicted octanol–water partition coefficient (Wildman–Crippen LogP) is 3.02. The van der Waals surface area contributed by atoms with Crippen molar-refractivity contribution in [1.82, 2.24) is 29.5 Å². The quantitative estimate of drug-likeness (QED) is 0.240. The van der Waals surface area contributed by atoms with Gasteiger partial charge in [0.15, 0.2) is 5.65 Å². The van der Waals surface area contributed by atoms with Crippen molar-refractivity contribution in [3.63, 3.8) is 0 Å². The van der Waals surface area contributed by atoms with E-state index in [1.165, 1.54) is 0 Å². The van der Waals surface area contributed by atoms with Crippen molar-refractivity contribution in [2.45, 2.75) is 45.7 Å². The summed E-state index contributed by atoms with van der Waals surface area (Å²) in [5.41, 5.74) is 1.88. The lowest BCUT2D eigenvalue weighted by molar-refractivity contribution is -0.386. The van der Waals surface area contributed by atoms with Crippen molar-refractivity contribution in [1.29, 1.82) is 0 Å². The standard InChI is InChI=1S/C18H22ClN7O4/c1-11-14-10-20-18(19)21-16(14)24(22-11)6-3-7-30-17-15(26(27)28)12(2)25(23-17)13-4-8-29-9-5-13/h10,13H,3-9H2,1-2H3. The molecular weight excluding hydrogens is 414 g/mol. The van der Waals surface area contributed by atoms with E-state index in [9.17, 15) is 10.1 Å². The van der Waals surface area contributed by atoms with Crippen LogP contribution in [-0.2, 0) is 11.3 Å². The Morgan fingerprint density at radius 2 is 2.10 bits per heavy atom. The molecule has 3 aromatic rings. The van der Waals surface area contributed by atoms with Gasteiger partial charge in [0, 0.05) is 32.4 Å². The Hall–Kier alpha value is -2.79. The van der Waals surface area contributed by atoms with Gasteiger partial charge in [0.1, 0.15) is 5.69 Å². The molecule has 0 bridgehead atoms. The molecule has 4 heterocycles. The second kappa shape index (κ2) is 8.52. The van der Waals surface area contributed by atoms with Gasteiger partial charge in [0.05, 0.1) is 28.7 Å². The van der Waals surface area contributed by atoms with E-state index in [-0.39, 0.29) is 29.5 Å². The molecule has 11 nitrogen and oxygen atoms in total. The summed E-state index contributed by atoms with van der Waals surface area (Å²) in [4.78, 5) is 19.4. The van der Waals surface area contributed by atoms with E-state index < -0.39 is 4.92 Å². The van der Waals surface area contributed by atoms with Crippen molar-refractivity contribution in [2.75, 3.05) is 19.8 Å². The zero-order valence-corrected chi connectivity index (χ0v) is 17.5. The molecule has 4 rings (SSSR count). The molecule has 0 saturated carbocycles. The maximum Gasteiger partial charge on any atom is 0.352 e. The molecule has 0 spiro atoms. The Kier molecular flexibility index (Phi) is 5.82. The molecular formula is C18H22ClN7O4. The molecule has 1 aliphatic heterocycles. The number of nitro groups is 1. The average Bonchev–Trinajstić information content (AvgIpc) is 3.22. The van der Waals surface area contributed by atoms with Gasteiger partial charge in [0.2, 0.25) is 5.28 Å². The Labute approximate surface area is 177 Å². The number of hydrogen-bond acceptors (Lipinski definition) is 8. The SMILES string of the molecule is Cc1nn(CCCOc2nn(C3CCOCC3)c(C)c2[N+](=O)[O-])c2nc(Cl)ncc12. The van der Waals surface area contributed by atoms with Crippen LogP contribution < -0.4 is 4.74 Å². The Balaban J connectivity index is 1.45. The minimum Gasteiger partial charge on any atom is -0.472 e. The topological polar surface area (TPSA) is 123 Å². The fourth-order valence-electron chi connectivity index (χ4n) is 3.70. The van der Waals surface area contributed by atoms with Gasteiger partial charge in [-0.05, 0) is 38.3 Å². The molecule has 12 heteroatoms. The number of fused-ring (bicyclic) bond motifs is 1. The Morgan fingerprint density at radius 1 is 1.33 bits per heavy atom. The van der Waals surface area contributed by atoms with E-state index in [0.29, 0.717) is 37.5 Å². The van der Waals surface area contributed by atoms with Crippen LogP contribution >= 0.6 is 11.6 Å². The molecule has 3 aromatic heterocycles. The third-order valence-corrected chi connectivity index (χ3v) is 5.39. The van der Waals surface area contributed by atoms with Gasteiger partial charge in [-0.1, -0.05) is 0 Å². The number of ether oxygens (including phenoxy) is 2. The summed E-state index contributed by atoms with van der Waals surface area (Å²) in [6, 6.07) is 0.0812. The number of nitrogens with zero attached hydrogens (tertiary/aromatic N) is 7. The first-order valence-electron chi connectivity index (χ1n) is 9.75. The van der Waals surface area contributed by atoms with E-state index in [1.807, 2.05) is 6.92 Å². The summed E-state index contributed by atoms with van der Waals surface area (Å²) in [7, 11) is 0. The summed E-state index contributed by atoms with van der Waals surface area (Å²) in [6.45, 7) is 5.60. The van der Waals surface area contributed by atoms with Gasteiger partial charge >= 0.3 is 11.6 Å².